The van der Waals surface area contributed by atoms with Crippen LogP contribution in [0, 0.1) is 5.92 Å². The lowest BCUT2D eigenvalue weighted by Crippen LogP contribution is -2.58. The van der Waals surface area contributed by atoms with Gasteiger partial charge in [0, 0.05) is 24.0 Å². The summed E-state index contributed by atoms with van der Waals surface area (Å²) >= 11 is 6.12. The molecule has 6 heteroatoms. The van der Waals surface area contributed by atoms with Crippen molar-refractivity contribution in [1.82, 2.24) is 9.03 Å². The van der Waals surface area contributed by atoms with Crippen molar-refractivity contribution < 1.29 is 8.42 Å². The van der Waals surface area contributed by atoms with Gasteiger partial charge < -0.3 is 0 Å². The molecule has 4 nitrogen and oxygen atoms in total. The van der Waals surface area contributed by atoms with Crippen molar-refractivity contribution in [3.63, 3.8) is 0 Å². The molecule has 1 saturated carbocycles. The highest BCUT2D eigenvalue weighted by molar-refractivity contribution is 7.87. The highest BCUT2D eigenvalue weighted by Gasteiger charge is 2.40. The second-order valence-electron chi connectivity index (χ2n) is 6.66. The van der Waals surface area contributed by atoms with Crippen LogP contribution in [-0.4, -0.2) is 36.7 Å². The van der Waals surface area contributed by atoms with E-state index < -0.39 is 15.7 Å². The van der Waals surface area contributed by atoms with Crippen LogP contribution >= 0.6 is 11.6 Å². The van der Waals surface area contributed by atoms with Gasteiger partial charge in [0.1, 0.15) is 0 Å². The average molecular weight is 323 g/mol. The SMILES string of the molecule is CC1CCC(CCl)(NS(=O)(=O)N2CCCCC2C)CC1. The van der Waals surface area contributed by atoms with Gasteiger partial charge >= 0.3 is 0 Å². The highest BCUT2D eigenvalue weighted by Crippen LogP contribution is 2.34. The number of alkyl halides is 1. The summed E-state index contributed by atoms with van der Waals surface area (Å²) in [6.45, 7) is 4.85. The van der Waals surface area contributed by atoms with Crippen molar-refractivity contribution in [2.75, 3.05) is 12.4 Å². The molecular formula is C14H27ClN2O2S. The quantitative estimate of drug-likeness (QED) is 0.809. The molecule has 118 valence electrons. The largest absolute Gasteiger partial charge is 0.280 e. The van der Waals surface area contributed by atoms with E-state index in [1.807, 2.05) is 6.92 Å². The fraction of sp³-hybridized carbons (Fsp3) is 1.00. The molecule has 0 amide bonds. The van der Waals surface area contributed by atoms with Crippen molar-refractivity contribution in [2.45, 2.75) is 70.4 Å². The summed E-state index contributed by atoms with van der Waals surface area (Å²) in [6, 6.07) is 0.0936. The standard InChI is InChI=1S/C14H27ClN2O2S/c1-12-6-8-14(11-15,9-7-12)16-20(18,19)17-10-4-3-5-13(17)2/h12-13,16H,3-11H2,1-2H3. The zero-order valence-electron chi connectivity index (χ0n) is 12.6. The summed E-state index contributed by atoms with van der Waals surface area (Å²) in [6.07, 6.45) is 6.81. The molecule has 2 aliphatic rings. The smallest absolute Gasteiger partial charge is 0.195 e. The van der Waals surface area contributed by atoms with Crippen LogP contribution in [0.5, 0.6) is 0 Å². The summed E-state index contributed by atoms with van der Waals surface area (Å²) in [5, 5.41) is 0. The fourth-order valence-corrected chi connectivity index (χ4v) is 5.64. The zero-order chi connectivity index (χ0) is 14.8. The number of halogens is 1. The van der Waals surface area contributed by atoms with Gasteiger partial charge in [-0.1, -0.05) is 13.3 Å². The molecule has 1 unspecified atom stereocenters. The minimum absolute atomic E-state index is 0.0936. The minimum Gasteiger partial charge on any atom is -0.195 e. The van der Waals surface area contributed by atoms with Gasteiger partial charge in [0.2, 0.25) is 0 Å². The van der Waals surface area contributed by atoms with E-state index in [4.69, 9.17) is 11.6 Å². The molecule has 0 radical (unpaired) electrons. The van der Waals surface area contributed by atoms with Crippen LogP contribution in [0.4, 0.5) is 0 Å². The topological polar surface area (TPSA) is 49.4 Å². The fourth-order valence-electron chi connectivity index (χ4n) is 3.34. The van der Waals surface area contributed by atoms with Crippen molar-refractivity contribution in [3.8, 4) is 0 Å². The Labute approximate surface area is 128 Å². The molecule has 1 N–H and O–H groups in total. The third-order valence-electron chi connectivity index (χ3n) is 4.88. The Kier molecular flexibility index (Phi) is 5.38. The first-order chi connectivity index (χ1) is 9.38. The molecule has 20 heavy (non-hydrogen) atoms. The van der Waals surface area contributed by atoms with E-state index in [0.717, 1.165) is 44.9 Å². The third kappa shape index (κ3) is 3.67. The highest BCUT2D eigenvalue weighted by atomic mass is 35.5. The average Bonchev–Trinajstić information content (AvgIpc) is 2.42. The predicted octanol–water partition coefficient (Wildman–Crippen LogP) is 2.88. The summed E-state index contributed by atoms with van der Waals surface area (Å²) in [5.41, 5.74) is -0.440. The van der Waals surface area contributed by atoms with Gasteiger partial charge in [-0.25, -0.2) is 0 Å². The Bertz CT molecular complexity index is 419. The van der Waals surface area contributed by atoms with Crippen LogP contribution in [0.15, 0.2) is 0 Å². The number of hydrogen-bond acceptors (Lipinski definition) is 2. The number of rotatable bonds is 4. The van der Waals surface area contributed by atoms with Crippen molar-refractivity contribution >= 4 is 21.8 Å². The lowest BCUT2D eigenvalue weighted by molar-refractivity contribution is 0.226. The number of nitrogens with zero attached hydrogens (tertiary/aromatic N) is 1. The number of piperidine rings is 1. The molecule has 2 rings (SSSR count). The Morgan fingerprint density at radius 1 is 1.20 bits per heavy atom. The maximum atomic E-state index is 12.7. The molecule has 1 aliphatic heterocycles. The Hall–Kier alpha value is 0.160. The second-order valence-corrected chi connectivity index (χ2v) is 8.55. The molecule has 1 atom stereocenters. The van der Waals surface area contributed by atoms with Crippen LogP contribution in [0.3, 0.4) is 0 Å². The molecule has 1 heterocycles. The molecule has 1 saturated heterocycles. The molecule has 0 spiro atoms. The van der Waals surface area contributed by atoms with Crippen LogP contribution in [0.2, 0.25) is 0 Å². The Balaban J connectivity index is 2.09. The number of hydrogen-bond donors (Lipinski definition) is 1. The second kappa shape index (κ2) is 6.51. The zero-order valence-corrected chi connectivity index (χ0v) is 14.1. The van der Waals surface area contributed by atoms with Crippen molar-refractivity contribution in [2.24, 2.45) is 5.92 Å². The van der Waals surface area contributed by atoms with Crippen LogP contribution < -0.4 is 4.72 Å². The summed E-state index contributed by atoms with van der Waals surface area (Å²) < 4.78 is 29.9. The van der Waals surface area contributed by atoms with Gasteiger partial charge in [0.05, 0.1) is 0 Å². The monoisotopic (exact) mass is 322 g/mol. The third-order valence-corrected chi connectivity index (χ3v) is 7.25. The van der Waals surface area contributed by atoms with E-state index in [-0.39, 0.29) is 6.04 Å². The molecular weight excluding hydrogens is 296 g/mol. The van der Waals surface area contributed by atoms with E-state index in [0.29, 0.717) is 18.3 Å². The van der Waals surface area contributed by atoms with Gasteiger partial charge in [-0.3, -0.25) is 0 Å². The Morgan fingerprint density at radius 3 is 2.40 bits per heavy atom. The minimum atomic E-state index is -3.42. The van der Waals surface area contributed by atoms with E-state index in [1.54, 1.807) is 4.31 Å². The van der Waals surface area contributed by atoms with E-state index in [2.05, 4.69) is 11.6 Å². The van der Waals surface area contributed by atoms with Gasteiger partial charge in [0.15, 0.2) is 0 Å². The van der Waals surface area contributed by atoms with E-state index >= 15 is 0 Å². The molecule has 0 aromatic heterocycles. The lowest BCUT2D eigenvalue weighted by Gasteiger charge is -2.41. The number of nitrogens with one attached hydrogen (secondary N) is 1. The molecule has 2 fully saturated rings. The van der Waals surface area contributed by atoms with Gasteiger partial charge in [0.25, 0.3) is 10.2 Å². The maximum Gasteiger partial charge on any atom is 0.280 e. The maximum absolute atomic E-state index is 12.7. The predicted molar refractivity (Wildman–Crippen MR) is 83.2 cm³/mol. The molecule has 0 bridgehead atoms. The molecule has 0 aromatic rings. The van der Waals surface area contributed by atoms with Crippen LogP contribution in [-0.2, 0) is 10.2 Å². The van der Waals surface area contributed by atoms with E-state index in [9.17, 15) is 8.42 Å². The summed E-state index contributed by atoms with van der Waals surface area (Å²) in [7, 11) is -3.42. The first-order valence-electron chi connectivity index (χ1n) is 7.75. The first-order valence-corrected chi connectivity index (χ1v) is 9.73. The van der Waals surface area contributed by atoms with Gasteiger partial charge in [-0.15, -0.1) is 11.6 Å². The molecule has 1 aliphatic carbocycles. The van der Waals surface area contributed by atoms with Gasteiger partial charge in [-0.05, 0) is 51.4 Å². The van der Waals surface area contributed by atoms with Crippen LogP contribution in [0.25, 0.3) is 0 Å². The lowest BCUT2D eigenvalue weighted by atomic mass is 9.79. The van der Waals surface area contributed by atoms with Crippen molar-refractivity contribution in [3.05, 3.63) is 0 Å². The molecule has 0 aromatic carbocycles. The van der Waals surface area contributed by atoms with Crippen LogP contribution in [0.1, 0.15) is 58.8 Å². The first kappa shape index (κ1) is 16.5. The van der Waals surface area contributed by atoms with E-state index in [1.165, 1.54) is 0 Å². The summed E-state index contributed by atoms with van der Waals surface area (Å²) in [5.74, 6) is 1.03. The summed E-state index contributed by atoms with van der Waals surface area (Å²) in [4.78, 5) is 0. The van der Waals surface area contributed by atoms with Gasteiger partial charge in [-0.2, -0.15) is 17.4 Å². The normalized spacial score (nSPS) is 37.0. The van der Waals surface area contributed by atoms with Crippen molar-refractivity contribution in [1.29, 1.82) is 0 Å². The Morgan fingerprint density at radius 2 is 1.85 bits per heavy atom.